The first kappa shape index (κ1) is 20.6. The zero-order chi connectivity index (χ0) is 23.1. The number of pyridine rings is 1. The monoisotopic (exact) mass is 458 g/mol. The number of rotatable bonds is 5. The summed E-state index contributed by atoms with van der Waals surface area (Å²) in [5, 5.41) is 11.8. The number of hydrogen-bond donors (Lipinski definition) is 3. The van der Waals surface area contributed by atoms with Gasteiger partial charge in [0.2, 0.25) is 0 Å². The third-order valence-electron chi connectivity index (χ3n) is 6.13. The highest BCUT2D eigenvalue weighted by Gasteiger charge is 2.27. The van der Waals surface area contributed by atoms with Crippen LogP contribution in [0.5, 0.6) is 0 Å². The fourth-order valence-electron chi connectivity index (χ4n) is 4.40. The molecule has 0 spiro atoms. The summed E-state index contributed by atoms with van der Waals surface area (Å²) < 4.78 is 7.28. The van der Waals surface area contributed by atoms with Gasteiger partial charge < -0.3 is 25.3 Å². The highest BCUT2D eigenvalue weighted by atomic mass is 16.5. The van der Waals surface area contributed by atoms with Gasteiger partial charge in [0.05, 0.1) is 42.4 Å². The van der Waals surface area contributed by atoms with E-state index in [0.717, 1.165) is 71.6 Å². The zero-order valence-electron chi connectivity index (χ0n) is 19.1. The molecule has 6 rings (SSSR count). The van der Waals surface area contributed by atoms with E-state index in [1.54, 1.807) is 12.4 Å². The van der Waals surface area contributed by atoms with Gasteiger partial charge in [-0.2, -0.15) is 5.10 Å². The molecule has 0 aromatic carbocycles. The van der Waals surface area contributed by atoms with Gasteiger partial charge in [-0.1, -0.05) is 0 Å². The summed E-state index contributed by atoms with van der Waals surface area (Å²) in [6, 6.07) is 3.77. The second-order valence-corrected chi connectivity index (χ2v) is 8.49. The minimum absolute atomic E-state index is 0.113. The van der Waals surface area contributed by atoms with Crippen molar-refractivity contribution < 1.29 is 4.74 Å². The minimum atomic E-state index is -0.113. The number of ether oxygens (including phenoxy) is 1. The zero-order valence-corrected chi connectivity index (χ0v) is 19.1. The number of hydrogen-bond acceptors (Lipinski definition) is 9. The molecule has 1 atom stereocenters. The lowest BCUT2D eigenvalue weighted by Gasteiger charge is -2.27. The molecule has 0 amide bonds. The van der Waals surface area contributed by atoms with Gasteiger partial charge in [-0.25, -0.2) is 19.9 Å². The number of nitrogens with one attached hydrogen (secondary N) is 3. The number of morpholine rings is 1. The first-order valence-corrected chi connectivity index (χ1v) is 11.4. The Morgan fingerprint density at radius 1 is 1.15 bits per heavy atom. The van der Waals surface area contributed by atoms with Crippen molar-refractivity contribution in [3.63, 3.8) is 0 Å². The minimum Gasteiger partial charge on any atom is -0.378 e. The molecule has 34 heavy (non-hydrogen) atoms. The normalized spacial score (nSPS) is 16.9. The first-order valence-electron chi connectivity index (χ1n) is 11.4. The SMILES string of the molecule is C[C@H](NC1=C(c2nc3cnc(N4CCOCC4)cc3[nH]2)CNc2cn(C)nc21)c1ncccn1. The average Bonchev–Trinajstić information content (AvgIpc) is 3.47. The Morgan fingerprint density at radius 3 is 2.79 bits per heavy atom. The third kappa shape index (κ3) is 3.73. The molecule has 11 nitrogen and oxygen atoms in total. The molecule has 0 aliphatic carbocycles. The van der Waals surface area contributed by atoms with Crippen molar-refractivity contribution in [1.29, 1.82) is 0 Å². The van der Waals surface area contributed by atoms with Crippen molar-refractivity contribution in [2.24, 2.45) is 7.05 Å². The van der Waals surface area contributed by atoms with Crippen LogP contribution in [0.1, 0.15) is 30.3 Å². The molecule has 0 saturated carbocycles. The fraction of sp³-hybridized carbons (Fsp3) is 0.348. The topological polar surface area (TPSA) is 122 Å². The maximum atomic E-state index is 5.47. The van der Waals surface area contributed by atoms with E-state index in [1.807, 2.05) is 37.1 Å². The van der Waals surface area contributed by atoms with E-state index in [0.29, 0.717) is 12.4 Å². The van der Waals surface area contributed by atoms with Crippen LogP contribution in [0.2, 0.25) is 0 Å². The molecule has 0 unspecified atom stereocenters. The van der Waals surface area contributed by atoms with Gasteiger partial charge in [0, 0.05) is 56.9 Å². The molecule has 0 radical (unpaired) electrons. The van der Waals surface area contributed by atoms with Crippen LogP contribution in [0.25, 0.3) is 22.3 Å². The van der Waals surface area contributed by atoms with Gasteiger partial charge in [0.15, 0.2) is 0 Å². The van der Waals surface area contributed by atoms with Crippen molar-refractivity contribution in [3.8, 4) is 0 Å². The van der Waals surface area contributed by atoms with Crippen LogP contribution in [0.4, 0.5) is 11.5 Å². The highest BCUT2D eigenvalue weighted by Crippen LogP contribution is 2.34. The number of aromatic amines is 1. The van der Waals surface area contributed by atoms with Crippen LogP contribution in [-0.4, -0.2) is 67.5 Å². The van der Waals surface area contributed by atoms with E-state index < -0.39 is 0 Å². The number of aryl methyl sites for hydroxylation is 1. The second kappa shape index (κ2) is 8.41. The molecule has 2 aliphatic heterocycles. The lowest BCUT2D eigenvalue weighted by molar-refractivity contribution is 0.122. The molecule has 1 saturated heterocycles. The Bertz CT molecular complexity index is 1350. The van der Waals surface area contributed by atoms with Crippen molar-refractivity contribution in [2.45, 2.75) is 13.0 Å². The molecule has 0 bridgehead atoms. The van der Waals surface area contributed by atoms with Gasteiger partial charge in [0.25, 0.3) is 0 Å². The molecular weight excluding hydrogens is 432 g/mol. The van der Waals surface area contributed by atoms with Gasteiger partial charge in [-0.05, 0) is 13.0 Å². The van der Waals surface area contributed by atoms with E-state index in [-0.39, 0.29) is 6.04 Å². The largest absolute Gasteiger partial charge is 0.378 e. The highest BCUT2D eigenvalue weighted by molar-refractivity contribution is 5.96. The standard InChI is InChI=1S/C23H26N10O/c1-14(22-24-4-3-5-25-22)28-20-15(11-26-18-13-32(2)31-21(18)20)23-29-16-10-19(27-12-17(16)30-23)33-6-8-34-9-7-33/h3-5,10,12-14,26,28H,6-9,11H2,1-2H3,(H,29,30)/t14-/m0/s1. The molecule has 11 heteroatoms. The molecular formula is C23H26N10O. The van der Waals surface area contributed by atoms with E-state index in [4.69, 9.17) is 14.8 Å². The van der Waals surface area contributed by atoms with Gasteiger partial charge in [-0.3, -0.25) is 4.68 Å². The summed E-state index contributed by atoms with van der Waals surface area (Å²) >= 11 is 0. The first-order chi connectivity index (χ1) is 16.7. The summed E-state index contributed by atoms with van der Waals surface area (Å²) in [7, 11) is 1.92. The van der Waals surface area contributed by atoms with Crippen molar-refractivity contribution in [2.75, 3.05) is 43.1 Å². The maximum absolute atomic E-state index is 5.47. The van der Waals surface area contributed by atoms with Crippen molar-refractivity contribution in [3.05, 3.63) is 54.3 Å². The summed E-state index contributed by atoms with van der Waals surface area (Å²) in [5.41, 5.74) is 5.50. The van der Waals surface area contributed by atoms with Crippen LogP contribution in [0, 0.1) is 0 Å². The Morgan fingerprint density at radius 2 is 1.97 bits per heavy atom. The van der Waals surface area contributed by atoms with E-state index >= 15 is 0 Å². The lowest BCUT2D eigenvalue weighted by atomic mass is 10.0. The smallest absolute Gasteiger partial charge is 0.150 e. The molecule has 4 aromatic heterocycles. The van der Waals surface area contributed by atoms with E-state index in [1.165, 1.54) is 0 Å². The third-order valence-corrected chi connectivity index (χ3v) is 6.13. The number of H-pyrrole nitrogens is 1. The summed E-state index contributed by atoms with van der Waals surface area (Å²) in [6.07, 6.45) is 7.32. The van der Waals surface area contributed by atoms with Crippen LogP contribution < -0.4 is 15.5 Å². The number of nitrogens with zero attached hydrogens (tertiary/aromatic N) is 7. The number of aromatic nitrogens is 7. The Labute approximate surface area is 196 Å². The molecule has 174 valence electrons. The van der Waals surface area contributed by atoms with Crippen molar-refractivity contribution >= 4 is 33.8 Å². The van der Waals surface area contributed by atoms with Crippen molar-refractivity contribution in [1.82, 2.24) is 40.0 Å². The maximum Gasteiger partial charge on any atom is 0.150 e. The van der Waals surface area contributed by atoms with Gasteiger partial charge >= 0.3 is 0 Å². The predicted octanol–water partition coefficient (Wildman–Crippen LogP) is 1.96. The molecule has 1 fully saturated rings. The fourth-order valence-corrected chi connectivity index (χ4v) is 4.40. The van der Waals surface area contributed by atoms with E-state index in [9.17, 15) is 0 Å². The van der Waals surface area contributed by atoms with Crippen LogP contribution in [0.15, 0.2) is 36.9 Å². The van der Waals surface area contributed by atoms with Crippen LogP contribution >= 0.6 is 0 Å². The summed E-state index contributed by atoms with van der Waals surface area (Å²) in [4.78, 5) is 24.1. The Kier molecular flexibility index (Phi) is 5.10. The average molecular weight is 459 g/mol. The predicted molar refractivity (Wildman–Crippen MR) is 129 cm³/mol. The second-order valence-electron chi connectivity index (χ2n) is 8.49. The van der Waals surface area contributed by atoms with E-state index in [2.05, 4.69) is 41.5 Å². The van der Waals surface area contributed by atoms with Gasteiger partial charge in [0.1, 0.15) is 28.7 Å². The Hall–Kier alpha value is -3.99. The summed E-state index contributed by atoms with van der Waals surface area (Å²) in [6.45, 7) is 5.76. The van der Waals surface area contributed by atoms with Crippen LogP contribution in [-0.2, 0) is 11.8 Å². The molecule has 3 N–H and O–H groups in total. The quantitative estimate of drug-likeness (QED) is 0.412. The number of fused-ring (bicyclic) bond motifs is 2. The molecule has 4 aromatic rings. The number of anilines is 2. The molecule has 6 heterocycles. The number of imidazole rings is 1. The lowest BCUT2D eigenvalue weighted by Crippen LogP contribution is -2.36. The Balaban J connectivity index is 1.40. The molecule has 2 aliphatic rings. The summed E-state index contributed by atoms with van der Waals surface area (Å²) in [5.74, 6) is 2.43. The van der Waals surface area contributed by atoms with Gasteiger partial charge in [-0.15, -0.1) is 0 Å². The van der Waals surface area contributed by atoms with Crippen LogP contribution in [0.3, 0.4) is 0 Å².